The standard InChI is InChI=1S/C21H17B10N5/c22-11-12(23)14(25)17-16(13(11)24)34-10(35-17)8-36(7-2-1-5-32)18-15-9(4-3-6-33-15)19(26,27)21(30,31)20(18,28)29/h3-4,6,18H,1-2,5,7-8,32H2,(H,34,35)/t18-/m1/s1. The fraction of sp³-hybridized carbons (Fsp3) is 0.429. The van der Waals surface area contributed by atoms with Gasteiger partial charge in [0.05, 0.1) is 70.3 Å². The van der Waals surface area contributed by atoms with Crippen molar-refractivity contribution in [1.82, 2.24) is 19.9 Å². The molecular formula is C21H17B10N5. The summed E-state index contributed by atoms with van der Waals surface area (Å²) in [4.78, 5) is 14.3. The molecule has 1 aliphatic rings. The molecule has 15 heteroatoms. The van der Waals surface area contributed by atoms with Crippen molar-refractivity contribution >= 4 is 111 Å². The number of nitrogens with zero attached hydrogens (tertiary/aromatic N) is 3. The van der Waals surface area contributed by atoms with E-state index in [0.29, 0.717) is 47.6 Å². The van der Waals surface area contributed by atoms with E-state index >= 15 is 0 Å². The highest BCUT2D eigenvalue weighted by molar-refractivity contribution is 6.66. The Kier molecular flexibility index (Phi) is 7.33. The molecule has 0 spiro atoms. The van der Waals surface area contributed by atoms with Gasteiger partial charge < -0.3 is 10.7 Å². The van der Waals surface area contributed by atoms with Crippen molar-refractivity contribution in [3.63, 3.8) is 0 Å². The molecule has 2 heterocycles. The molecule has 3 aromatic rings. The Labute approximate surface area is 226 Å². The highest BCUT2D eigenvalue weighted by Gasteiger charge is 2.56. The van der Waals surface area contributed by atoms with Crippen molar-refractivity contribution in [1.29, 1.82) is 0 Å². The number of unbranched alkanes of at least 4 members (excludes halogenated alkanes) is 1. The number of hydrogen-bond acceptors (Lipinski definition) is 4. The molecule has 2 aromatic heterocycles. The highest BCUT2D eigenvalue weighted by atomic mass is 15.2. The molecule has 0 amide bonds. The Hall–Kier alpha value is -1.59. The molecule has 0 aliphatic heterocycles. The van der Waals surface area contributed by atoms with Gasteiger partial charge in [-0.15, -0.1) is 16.1 Å². The molecule has 20 radical (unpaired) electrons. The number of H-pyrrole nitrogens is 1. The van der Waals surface area contributed by atoms with E-state index in [4.69, 9.17) is 84.2 Å². The molecule has 1 aliphatic carbocycles. The quantitative estimate of drug-likeness (QED) is 0.285. The lowest BCUT2D eigenvalue weighted by Crippen LogP contribution is -2.59. The number of benzene rings is 1. The van der Waals surface area contributed by atoms with E-state index < -0.39 is 21.7 Å². The lowest BCUT2D eigenvalue weighted by Gasteiger charge is -2.64. The molecule has 0 saturated heterocycles. The van der Waals surface area contributed by atoms with E-state index in [2.05, 4.69) is 15.0 Å². The third-order valence-corrected chi connectivity index (χ3v) is 7.16. The van der Waals surface area contributed by atoms with Crippen LogP contribution in [0.2, 0.25) is 10.4 Å². The van der Waals surface area contributed by atoms with Gasteiger partial charge in [-0.05, 0) is 37.6 Å². The van der Waals surface area contributed by atoms with E-state index in [1.165, 1.54) is 0 Å². The SMILES string of the molecule is [B]c1c([B])c([B])c2[nH]c(CN(CCCCN)[C@@H]3c4ncccc4C([B])([B])C([B])([B])C3([B])[B])nc2c1[B]. The van der Waals surface area contributed by atoms with Gasteiger partial charge in [-0.3, -0.25) is 9.88 Å². The van der Waals surface area contributed by atoms with Gasteiger partial charge in [0.25, 0.3) is 0 Å². The number of aromatic amines is 1. The van der Waals surface area contributed by atoms with Crippen molar-refractivity contribution in [2.24, 2.45) is 5.73 Å². The summed E-state index contributed by atoms with van der Waals surface area (Å²) in [5.41, 5.74) is 8.36. The minimum absolute atomic E-state index is 0.171. The Morgan fingerprint density at radius 3 is 2.28 bits per heavy atom. The maximum atomic E-state index is 6.67. The molecule has 0 bridgehead atoms. The van der Waals surface area contributed by atoms with Crippen LogP contribution in [0, 0.1) is 0 Å². The molecule has 1 atom stereocenters. The van der Waals surface area contributed by atoms with Gasteiger partial charge in [-0.1, -0.05) is 27.4 Å². The number of pyridine rings is 1. The molecule has 3 N–H and O–H groups in total. The maximum Gasteiger partial charge on any atom is 0.121 e. The van der Waals surface area contributed by atoms with Crippen LogP contribution < -0.4 is 27.6 Å². The second-order valence-corrected chi connectivity index (χ2v) is 9.54. The molecule has 0 fully saturated rings. The van der Waals surface area contributed by atoms with Crippen LogP contribution in [0.1, 0.15) is 36.0 Å². The zero-order chi connectivity index (χ0) is 26.6. The largest absolute Gasteiger partial charge is 0.341 e. The topological polar surface area (TPSA) is 70.8 Å². The average Bonchev–Trinajstić information content (AvgIpc) is 3.25. The molecule has 4 rings (SSSR count). The van der Waals surface area contributed by atoms with Gasteiger partial charge in [0.1, 0.15) is 37.2 Å². The molecular weight excluding hydrogens is 430 g/mol. The number of nitrogens with two attached hydrogens (primary N) is 1. The van der Waals surface area contributed by atoms with E-state index in [9.17, 15) is 0 Å². The van der Waals surface area contributed by atoms with E-state index in [-0.39, 0.29) is 28.4 Å². The molecule has 36 heavy (non-hydrogen) atoms. The van der Waals surface area contributed by atoms with E-state index in [0.717, 1.165) is 6.42 Å². The third kappa shape index (κ3) is 4.09. The van der Waals surface area contributed by atoms with Crippen LogP contribution >= 0.6 is 0 Å². The third-order valence-electron chi connectivity index (χ3n) is 7.16. The second-order valence-electron chi connectivity index (χ2n) is 9.54. The predicted molar refractivity (Wildman–Crippen MR) is 155 cm³/mol. The van der Waals surface area contributed by atoms with E-state index in [1.54, 1.807) is 18.3 Å². The monoisotopic (exact) mass is 449 g/mol. The Bertz CT molecular complexity index is 1250. The molecule has 0 unspecified atom stereocenters. The van der Waals surface area contributed by atoms with Gasteiger partial charge in [0.2, 0.25) is 0 Å². The molecule has 0 saturated carbocycles. The van der Waals surface area contributed by atoms with Crippen LogP contribution in [0.25, 0.3) is 11.0 Å². The summed E-state index contributed by atoms with van der Waals surface area (Å²) in [6.45, 7) is 1.22. The number of hydrogen-bond donors (Lipinski definition) is 2. The number of aromatic nitrogens is 3. The summed E-state index contributed by atoms with van der Waals surface area (Å²) in [7, 11) is 63.5. The Balaban J connectivity index is 1.85. The van der Waals surface area contributed by atoms with Crippen molar-refractivity contribution in [3.05, 3.63) is 35.4 Å². The summed E-state index contributed by atoms with van der Waals surface area (Å²) in [5.74, 6) is 0.506. The maximum absolute atomic E-state index is 6.67. The zero-order valence-electron chi connectivity index (χ0n) is 20.0. The smallest absolute Gasteiger partial charge is 0.121 e. The summed E-state index contributed by atoms with van der Waals surface area (Å²) >= 11 is 0. The molecule has 1 aromatic carbocycles. The fourth-order valence-corrected chi connectivity index (χ4v) is 4.88. The van der Waals surface area contributed by atoms with Crippen LogP contribution in [0.3, 0.4) is 0 Å². The first-order chi connectivity index (χ1) is 16.8. The summed E-state index contributed by atoms with van der Waals surface area (Å²) < 4.78 is 0. The molecule has 156 valence electrons. The Morgan fingerprint density at radius 2 is 1.61 bits per heavy atom. The summed E-state index contributed by atoms with van der Waals surface area (Å²) in [5, 5.41) is -5.48. The number of fused-ring (bicyclic) bond motifs is 2. The van der Waals surface area contributed by atoms with E-state index in [1.807, 2.05) is 4.90 Å². The second kappa shape index (κ2) is 9.62. The number of imidazole rings is 1. The minimum atomic E-state index is -1.92. The number of nitrogens with one attached hydrogen (secondary N) is 1. The van der Waals surface area contributed by atoms with Gasteiger partial charge in [-0.2, -0.15) is 0 Å². The first-order valence-corrected chi connectivity index (χ1v) is 11.5. The summed E-state index contributed by atoms with van der Waals surface area (Å²) in [6.07, 6.45) is 3.07. The number of rotatable bonds is 7. The van der Waals surface area contributed by atoms with Crippen molar-refractivity contribution < 1.29 is 0 Å². The lowest BCUT2D eigenvalue weighted by molar-refractivity contribution is 0.139. The fourth-order valence-electron chi connectivity index (χ4n) is 4.88. The van der Waals surface area contributed by atoms with Crippen LogP contribution in [0.15, 0.2) is 18.3 Å². The summed E-state index contributed by atoms with van der Waals surface area (Å²) in [6, 6.07) is 2.61. The first kappa shape index (κ1) is 27.4. The van der Waals surface area contributed by atoms with Gasteiger partial charge in [-0.25, -0.2) is 4.98 Å². The van der Waals surface area contributed by atoms with Crippen LogP contribution in [0.4, 0.5) is 0 Å². The average molecular weight is 448 g/mol. The van der Waals surface area contributed by atoms with Crippen LogP contribution in [0.5, 0.6) is 0 Å². The molecule has 5 nitrogen and oxygen atoms in total. The lowest BCUT2D eigenvalue weighted by atomic mass is 9.14. The predicted octanol–water partition coefficient (Wildman–Crippen LogP) is -4.17. The normalized spacial score (nSPS) is 19.9. The van der Waals surface area contributed by atoms with Gasteiger partial charge in [0, 0.05) is 12.2 Å². The highest BCUT2D eigenvalue weighted by Crippen LogP contribution is 2.64. The van der Waals surface area contributed by atoms with Crippen molar-refractivity contribution in [3.8, 4) is 0 Å². The van der Waals surface area contributed by atoms with Crippen molar-refractivity contribution in [2.75, 3.05) is 13.1 Å². The van der Waals surface area contributed by atoms with Gasteiger partial charge in [0.15, 0.2) is 0 Å². The first-order valence-electron chi connectivity index (χ1n) is 11.5. The van der Waals surface area contributed by atoms with Crippen LogP contribution in [-0.2, 0) is 11.8 Å². The van der Waals surface area contributed by atoms with Crippen LogP contribution in [-0.4, -0.2) is 111 Å². The van der Waals surface area contributed by atoms with Crippen molar-refractivity contribution in [2.45, 2.75) is 41.1 Å². The minimum Gasteiger partial charge on any atom is -0.341 e. The zero-order valence-corrected chi connectivity index (χ0v) is 20.0. The Morgan fingerprint density at radius 1 is 0.944 bits per heavy atom. The van der Waals surface area contributed by atoms with Gasteiger partial charge >= 0.3 is 0 Å².